The van der Waals surface area contributed by atoms with Gasteiger partial charge in [0.05, 0.1) is 11.8 Å². The Morgan fingerprint density at radius 3 is 2.30 bits per heavy atom. The van der Waals surface area contributed by atoms with Crippen molar-refractivity contribution in [2.45, 2.75) is 6.61 Å². The number of sulfonamides is 1. The SMILES string of the molecule is CS(=O)(=O)N1CCN(C(=O)c2ccccc2OCc2ccc(F)cc2)CC1. The average Bonchev–Trinajstić information content (AvgIpc) is 2.67. The van der Waals surface area contributed by atoms with E-state index in [1.807, 2.05) is 0 Å². The third kappa shape index (κ3) is 4.84. The Balaban J connectivity index is 1.68. The number of nitrogens with zero attached hydrogens (tertiary/aromatic N) is 2. The summed E-state index contributed by atoms with van der Waals surface area (Å²) in [7, 11) is -3.25. The van der Waals surface area contributed by atoms with Gasteiger partial charge in [0.1, 0.15) is 18.2 Å². The molecule has 8 heteroatoms. The molecule has 3 rings (SSSR count). The van der Waals surface area contributed by atoms with Gasteiger partial charge in [0, 0.05) is 26.2 Å². The second kappa shape index (κ2) is 8.06. The molecule has 0 saturated carbocycles. The van der Waals surface area contributed by atoms with Crippen molar-refractivity contribution < 1.29 is 22.3 Å². The van der Waals surface area contributed by atoms with Crippen molar-refractivity contribution in [3.05, 3.63) is 65.5 Å². The first-order chi connectivity index (χ1) is 12.8. The fourth-order valence-corrected chi connectivity index (χ4v) is 3.73. The van der Waals surface area contributed by atoms with E-state index >= 15 is 0 Å². The predicted molar refractivity (Wildman–Crippen MR) is 99.5 cm³/mol. The van der Waals surface area contributed by atoms with E-state index in [2.05, 4.69) is 0 Å². The van der Waals surface area contributed by atoms with Gasteiger partial charge < -0.3 is 9.64 Å². The van der Waals surface area contributed by atoms with Gasteiger partial charge in [-0.05, 0) is 29.8 Å². The average molecular weight is 392 g/mol. The van der Waals surface area contributed by atoms with E-state index < -0.39 is 10.0 Å². The van der Waals surface area contributed by atoms with Gasteiger partial charge in [-0.2, -0.15) is 4.31 Å². The molecule has 1 aliphatic heterocycles. The molecule has 1 saturated heterocycles. The van der Waals surface area contributed by atoms with Crippen molar-refractivity contribution in [3.63, 3.8) is 0 Å². The largest absolute Gasteiger partial charge is 0.488 e. The van der Waals surface area contributed by atoms with E-state index in [4.69, 9.17) is 4.74 Å². The highest BCUT2D eigenvalue weighted by Crippen LogP contribution is 2.22. The van der Waals surface area contributed by atoms with Crippen LogP contribution >= 0.6 is 0 Å². The van der Waals surface area contributed by atoms with Crippen LogP contribution in [0.5, 0.6) is 5.75 Å². The lowest BCUT2D eigenvalue weighted by Crippen LogP contribution is -2.50. The highest BCUT2D eigenvalue weighted by Gasteiger charge is 2.27. The number of rotatable bonds is 5. The number of amides is 1. The third-order valence-corrected chi connectivity index (χ3v) is 5.72. The van der Waals surface area contributed by atoms with Crippen LogP contribution in [0.1, 0.15) is 15.9 Å². The van der Waals surface area contributed by atoms with Crippen LogP contribution < -0.4 is 4.74 Å². The number of hydrogen-bond acceptors (Lipinski definition) is 4. The molecular formula is C19H21FN2O4S. The Morgan fingerprint density at radius 1 is 1.04 bits per heavy atom. The Morgan fingerprint density at radius 2 is 1.67 bits per heavy atom. The number of benzene rings is 2. The monoisotopic (exact) mass is 392 g/mol. The zero-order chi connectivity index (χ0) is 19.4. The van der Waals surface area contributed by atoms with Crippen molar-refractivity contribution in [2.75, 3.05) is 32.4 Å². The van der Waals surface area contributed by atoms with Gasteiger partial charge in [0.2, 0.25) is 10.0 Å². The number of ether oxygens (including phenoxy) is 1. The summed E-state index contributed by atoms with van der Waals surface area (Å²) < 4.78 is 43.4. The molecule has 0 bridgehead atoms. The topological polar surface area (TPSA) is 66.9 Å². The summed E-state index contributed by atoms with van der Waals surface area (Å²) in [5.41, 5.74) is 1.22. The van der Waals surface area contributed by atoms with E-state index in [1.54, 1.807) is 41.3 Å². The molecular weight excluding hydrogens is 371 g/mol. The standard InChI is InChI=1S/C19H21FN2O4S/c1-27(24,25)22-12-10-21(11-13-22)19(23)17-4-2-3-5-18(17)26-14-15-6-8-16(20)9-7-15/h2-9H,10-14H2,1H3. The van der Waals surface area contributed by atoms with Crippen molar-refractivity contribution in [1.82, 2.24) is 9.21 Å². The molecule has 1 fully saturated rings. The number of piperazine rings is 1. The Bertz CT molecular complexity index is 908. The van der Waals surface area contributed by atoms with Crippen LogP contribution in [0, 0.1) is 5.82 Å². The molecule has 1 aliphatic rings. The Kier molecular flexibility index (Phi) is 5.76. The smallest absolute Gasteiger partial charge is 0.257 e. The molecule has 144 valence electrons. The lowest BCUT2D eigenvalue weighted by molar-refractivity contribution is 0.0693. The molecule has 0 spiro atoms. The van der Waals surface area contributed by atoms with Crippen LogP contribution in [0.3, 0.4) is 0 Å². The zero-order valence-corrected chi connectivity index (χ0v) is 15.8. The predicted octanol–water partition coefficient (Wildman–Crippen LogP) is 2.12. The summed E-state index contributed by atoms with van der Waals surface area (Å²) >= 11 is 0. The van der Waals surface area contributed by atoms with E-state index in [1.165, 1.54) is 22.7 Å². The van der Waals surface area contributed by atoms with Crippen molar-refractivity contribution >= 4 is 15.9 Å². The van der Waals surface area contributed by atoms with Crippen molar-refractivity contribution in [3.8, 4) is 5.75 Å². The van der Waals surface area contributed by atoms with Crippen molar-refractivity contribution in [2.24, 2.45) is 0 Å². The molecule has 6 nitrogen and oxygen atoms in total. The maximum atomic E-state index is 13.0. The van der Waals surface area contributed by atoms with Crippen LogP contribution in [0.4, 0.5) is 4.39 Å². The van der Waals surface area contributed by atoms with Crippen LogP contribution in [0.25, 0.3) is 0 Å². The zero-order valence-electron chi connectivity index (χ0n) is 15.0. The first kappa shape index (κ1) is 19.3. The van der Waals surface area contributed by atoms with Gasteiger partial charge in [0.15, 0.2) is 0 Å². The highest BCUT2D eigenvalue weighted by atomic mass is 32.2. The minimum absolute atomic E-state index is 0.196. The van der Waals surface area contributed by atoms with E-state index in [-0.39, 0.29) is 31.4 Å². The van der Waals surface area contributed by atoms with Crippen LogP contribution in [-0.4, -0.2) is 56.0 Å². The van der Waals surface area contributed by atoms with Gasteiger partial charge in [0.25, 0.3) is 5.91 Å². The summed E-state index contributed by atoms with van der Waals surface area (Å²) in [4.78, 5) is 14.5. The molecule has 27 heavy (non-hydrogen) atoms. The second-order valence-corrected chi connectivity index (χ2v) is 8.35. The van der Waals surface area contributed by atoms with Gasteiger partial charge >= 0.3 is 0 Å². The maximum absolute atomic E-state index is 13.0. The van der Waals surface area contributed by atoms with Crippen LogP contribution in [-0.2, 0) is 16.6 Å². The first-order valence-corrected chi connectivity index (χ1v) is 10.4. The maximum Gasteiger partial charge on any atom is 0.257 e. The Labute approximate surface area is 158 Å². The molecule has 0 aliphatic carbocycles. The molecule has 0 atom stereocenters. The molecule has 2 aromatic rings. The van der Waals surface area contributed by atoms with E-state index in [0.717, 1.165) is 5.56 Å². The van der Waals surface area contributed by atoms with E-state index in [9.17, 15) is 17.6 Å². The lowest BCUT2D eigenvalue weighted by atomic mass is 10.1. The third-order valence-electron chi connectivity index (χ3n) is 4.42. The fraction of sp³-hybridized carbons (Fsp3) is 0.316. The Hall–Kier alpha value is -2.45. The summed E-state index contributed by atoms with van der Waals surface area (Å²) in [6.45, 7) is 1.44. The summed E-state index contributed by atoms with van der Waals surface area (Å²) in [6, 6.07) is 12.9. The van der Waals surface area contributed by atoms with Crippen molar-refractivity contribution in [1.29, 1.82) is 0 Å². The quantitative estimate of drug-likeness (QED) is 0.782. The minimum Gasteiger partial charge on any atom is -0.488 e. The number of carbonyl (C=O) groups is 1. The fourth-order valence-electron chi connectivity index (χ4n) is 2.90. The minimum atomic E-state index is -3.25. The number of hydrogen-bond donors (Lipinski definition) is 0. The summed E-state index contributed by atoms with van der Waals surface area (Å²) in [5, 5.41) is 0. The molecule has 1 heterocycles. The molecule has 1 amide bonds. The normalized spacial score (nSPS) is 15.6. The first-order valence-electron chi connectivity index (χ1n) is 8.55. The van der Waals surface area contributed by atoms with Crippen LogP contribution in [0.15, 0.2) is 48.5 Å². The van der Waals surface area contributed by atoms with Crippen LogP contribution in [0.2, 0.25) is 0 Å². The van der Waals surface area contributed by atoms with Gasteiger partial charge in [-0.1, -0.05) is 24.3 Å². The number of halogens is 1. The number of carbonyl (C=O) groups excluding carboxylic acids is 1. The second-order valence-electron chi connectivity index (χ2n) is 6.37. The lowest BCUT2D eigenvalue weighted by Gasteiger charge is -2.33. The van der Waals surface area contributed by atoms with Gasteiger partial charge in [-0.25, -0.2) is 12.8 Å². The van der Waals surface area contributed by atoms with E-state index in [0.29, 0.717) is 24.4 Å². The molecule has 0 radical (unpaired) electrons. The molecule has 2 aromatic carbocycles. The molecule has 0 aromatic heterocycles. The van der Waals surface area contributed by atoms with Gasteiger partial charge in [-0.3, -0.25) is 4.79 Å². The van der Waals surface area contributed by atoms with Gasteiger partial charge in [-0.15, -0.1) is 0 Å². The number of para-hydroxylation sites is 1. The highest BCUT2D eigenvalue weighted by molar-refractivity contribution is 7.88. The summed E-state index contributed by atoms with van der Waals surface area (Å²) in [6.07, 6.45) is 1.17. The molecule has 0 unspecified atom stereocenters. The summed E-state index contributed by atoms with van der Waals surface area (Å²) in [5.74, 6) is -0.0715. The molecule has 0 N–H and O–H groups in total.